The zero-order valence-electron chi connectivity index (χ0n) is 12.0. The molecule has 5 nitrogen and oxygen atoms in total. The van der Waals surface area contributed by atoms with E-state index in [-0.39, 0.29) is 5.28 Å². The van der Waals surface area contributed by atoms with Crippen LogP contribution in [-0.2, 0) is 0 Å². The Morgan fingerprint density at radius 2 is 1.79 bits per heavy atom. The van der Waals surface area contributed by atoms with Crippen molar-refractivity contribution in [3.8, 4) is 0 Å². The van der Waals surface area contributed by atoms with Gasteiger partial charge in [-0.1, -0.05) is 32.6 Å². The van der Waals surface area contributed by atoms with Gasteiger partial charge in [-0.2, -0.15) is 15.0 Å². The Morgan fingerprint density at radius 1 is 1.05 bits per heavy atom. The van der Waals surface area contributed by atoms with Crippen molar-refractivity contribution in [2.75, 3.05) is 17.2 Å². The number of hydrogen-bond donors (Lipinski definition) is 2. The Hall–Kier alpha value is -1.10. The van der Waals surface area contributed by atoms with E-state index in [9.17, 15) is 0 Å². The standard InChI is InChI=1S/C13H24ClN5/c1-4-6-7-8-9-10(3)16-13-18-11(14)17-12(19-13)15-5-2/h10H,4-9H2,1-3H3,(H2,15,16,17,18,19). The normalized spacial score (nSPS) is 12.2. The average Bonchev–Trinajstić information content (AvgIpc) is 2.34. The molecule has 0 saturated heterocycles. The molecule has 1 aromatic heterocycles. The third kappa shape index (κ3) is 6.57. The predicted molar refractivity (Wildman–Crippen MR) is 80.8 cm³/mol. The predicted octanol–water partition coefficient (Wildman–Crippen LogP) is 3.73. The van der Waals surface area contributed by atoms with E-state index >= 15 is 0 Å². The number of halogens is 1. The van der Waals surface area contributed by atoms with Crippen LogP contribution < -0.4 is 10.6 Å². The highest BCUT2D eigenvalue weighted by atomic mass is 35.5. The summed E-state index contributed by atoms with van der Waals surface area (Å²) in [5, 5.41) is 6.52. The highest BCUT2D eigenvalue weighted by Gasteiger charge is 2.07. The summed E-state index contributed by atoms with van der Waals surface area (Å²) in [4.78, 5) is 12.4. The highest BCUT2D eigenvalue weighted by Crippen LogP contribution is 2.12. The van der Waals surface area contributed by atoms with E-state index in [1.165, 1.54) is 25.7 Å². The lowest BCUT2D eigenvalue weighted by atomic mass is 10.1. The molecule has 1 heterocycles. The number of aromatic nitrogens is 3. The third-order valence-corrected chi connectivity index (χ3v) is 2.98. The van der Waals surface area contributed by atoms with Gasteiger partial charge in [-0.3, -0.25) is 0 Å². The smallest absolute Gasteiger partial charge is 0.229 e. The zero-order chi connectivity index (χ0) is 14.1. The van der Waals surface area contributed by atoms with Crippen molar-refractivity contribution >= 4 is 23.5 Å². The minimum atomic E-state index is 0.214. The largest absolute Gasteiger partial charge is 0.354 e. The minimum Gasteiger partial charge on any atom is -0.354 e. The number of rotatable bonds is 9. The fraction of sp³-hybridized carbons (Fsp3) is 0.769. The zero-order valence-corrected chi connectivity index (χ0v) is 12.8. The van der Waals surface area contributed by atoms with Gasteiger partial charge in [-0.25, -0.2) is 0 Å². The lowest BCUT2D eigenvalue weighted by molar-refractivity contribution is 0.591. The number of nitrogens with zero attached hydrogens (tertiary/aromatic N) is 3. The van der Waals surface area contributed by atoms with Gasteiger partial charge in [-0.05, 0) is 31.9 Å². The molecule has 0 saturated carbocycles. The number of hydrogen-bond acceptors (Lipinski definition) is 5. The second-order valence-electron chi connectivity index (χ2n) is 4.68. The van der Waals surface area contributed by atoms with Crippen LogP contribution >= 0.6 is 11.6 Å². The van der Waals surface area contributed by atoms with Crippen LogP contribution in [0.4, 0.5) is 11.9 Å². The molecule has 0 amide bonds. The summed E-state index contributed by atoms with van der Waals surface area (Å²) >= 11 is 5.87. The molecule has 2 N–H and O–H groups in total. The maximum Gasteiger partial charge on any atom is 0.229 e. The molecule has 0 radical (unpaired) electrons. The molecule has 0 aromatic carbocycles. The van der Waals surface area contributed by atoms with Crippen LogP contribution in [0.5, 0.6) is 0 Å². The minimum absolute atomic E-state index is 0.214. The van der Waals surface area contributed by atoms with E-state index in [0.29, 0.717) is 17.9 Å². The van der Waals surface area contributed by atoms with Crippen molar-refractivity contribution in [1.29, 1.82) is 0 Å². The van der Waals surface area contributed by atoms with E-state index < -0.39 is 0 Å². The van der Waals surface area contributed by atoms with E-state index in [4.69, 9.17) is 11.6 Å². The summed E-state index contributed by atoms with van der Waals surface area (Å²) < 4.78 is 0. The van der Waals surface area contributed by atoms with Crippen LogP contribution in [0.2, 0.25) is 5.28 Å². The van der Waals surface area contributed by atoms with Gasteiger partial charge < -0.3 is 10.6 Å². The Labute approximate surface area is 120 Å². The maximum atomic E-state index is 5.87. The van der Waals surface area contributed by atoms with Crippen LogP contribution in [0.3, 0.4) is 0 Å². The van der Waals surface area contributed by atoms with Crippen LogP contribution in [-0.4, -0.2) is 27.5 Å². The van der Waals surface area contributed by atoms with Crippen LogP contribution in [0.1, 0.15) is 52.9 Å². The fourth-order valence-electron chi connectivity index (χ4n) is 1.82. The van der Waals surface area contributed by atoms with Gasteiger partial charge in [0.2, 0.25) is 17.2 Å². The van der Waals surface area contributed by atoms with Gasteiger partial charge in [-0.15, -0.1) is 0 Å². The van der Waals surface area contributed by atoms with Crippen molar-refractivity contribution in [1.82, 2.24) is 15.0 Å². The molecule has 1 aromatic rings. The van der Waals surface area contributed by atoms with Crippen molar-refractivity contribution in [2.45, 2.75) is 58.9 Å². The van der Waals surface area contributed by atoms with Gasteiger partial charge in [0.05, 0.1) is 0 Å². The molecule has 0 spiro atoms. The number of unbranched alkanes of at least 4 members (excludes halogenated alkanes) is 3. The first-order chi connectivity index (χ1) is 9.15. The van der Waals surface area contributed by atoms with E-state index in [0.717, 1.165) is 13.0 Å². The lowest BCUT2D eigenvalue weighted by Gasteiger charge is -2.14. The first-order valence-electron chi connectivity index (χ1n) is 7.07. The molecule has 108 valence electrons. The summed E-state index contributed by atoms with van der Waals surface area (Å²) in [6.45, 7) is 7.10. The van der Waals surface area contributed by atoms with Crippen LogP contribution in [0.25, 0.3) is 0 Å². The molecule has 1 rings (SSSR count). The third-order valence-electron chi connectivity index (χ3n) is 2.81. The molecule has 0 aliphatic rings. The second-order valence-corrected chi connectivity index (χ2v) is 5.01. The van der Waals surface area contributed by atoms with Crippen molar-refractivity contribution in [3.63, 3.8) is 0 Å². The van der Waals surface area contributed by atoms with Gasteiger partial charge in [0.25, 0.3) is 0 Å². The van der Waals surface area contributed by atoms with E-state index in [1.807, 2.05) is 6.92 Å². The van der Waals surface area contributed by atoms with Crippen LogP contribution in [0, 0.1) is 0 Å². The van der Waals surface area contributed by atoms with Crippen molar-refractivity contribution < 1.29 is 0 Å². The van der Waals surface area contributed by atoms with Crippen molar-refractivity contribution in [3.05, 3.63) is 5.28 Å². The molecule has 0 aliphatic heterocycles. The van der Waals surface area contributed by atoms with E-state index in [2.05, 4.69) is 39.4 Å². The molecular formula is C13H24ClN5. The van der Waals surface area contributed by atoms with Gasteiger partial charge in [0.15, 0.2) is 0 Å². The van der Waals surface area contributed by atoms with Gasteiger partial charge in [0, 0.05) is 12.6 Å². The summed E-state index contributed by atoms with van der Waals surface area (Å²) in [5.74, 6) is 1.06. The van der Waals surface area contributed by atoms with Gasteiger partial charge in [0.1, 0.15) is 0 Å². The summed E-state index contributed by atoms with van der Waals surface area (Å²) in [6.07, 6.45) is 6.18. The lowest BCUT2D eigenvalue weighted by Crippen LogP contribution is -2.18. The summed E-state index contributed by atoms with van der Waals surface area (Å²) in [5.41, 5.74) is 0. The van der Waals surface area contributed by atoms with Gasteiger partial charge >= 0.3 is 0 Å². The Morgan fingerprint density at radius 3 is 2.47 bits per heavy atom. The SMILES string of the molecule is CCCCCCC(C)Nc1nc(Cl)nc(NCC)n1. The molecular weight excluding hydrogens is 262 g/mol. The fourth-order valence-corrected chi connectivity index (χ4v) is 1.98. The molecule has 6 heteroatoms. The van der Waals surface area contributed by atoms with Crippen molar-refractivity contribution in [2.24, 2.45) is 0 Å². The average molecular weight is 286 g/mol. The Kier molecular flexibility index (Phi) is 7.48. The molecule has 0 aliphatic carbocycles. The molecule has 0 fully saturated rings. The summed E-state index contributed by atoms with van der Waals surface area (Å²) in [7, 11) is 0. The molecule has 19 heavy (non-hydrogen) atoms. The maximum absolute atomic E-state index is 5.87. The topological polar surface area (TPSA) is 62.7 Å². The quantitative estimate of drug-likeness (QED) is 0.677. The number of nitrogens with one attached hydrogen (secondary N) is 2. The number of anilines is 2. The Bertz CT molecular complexity index is 372. The second kappa shape index (κ2) is 8.91. The first kappa shape index (κ1) is 16.0. The Balaban J connectivity index is 2.46. The highest BCUT2D eigenvalue weighted by molar-refractivity contribution is 6.28. The van der Waals surface area contributed by atoms with E-state index in [1.54, 1.807) is 0 Å². The monoisotopic (exact) mass is 285 g/mol. The first-order valence-corrected chi connectivity index (χ1v) is 7.45. The molecule has 1 unspecified atom stereocenters. The molecule has 0 bridgehead atoms. The van der Waals surface area contributed by atoms with Crippen LogP contribution in [0.15, 0.2) is 0 Å². The summed E-state index contributed by atoms with van der Waals surface area (Å²) in [6, 6.07) is 0.338. The molecule has 1 atom stereocenters.